The summed E-state index contributed by atoms with van der Waals surface area (Å²) < 4.78 is 0. The Labute approximate surface area is 125 Å². The summed E-state index contributed by atoms with van der Waals surface area (Å²) in [5.41, 5.74) is 0.819. The summed E-state index contributed by atoms with van der Waals surface area (Å²) in [6.07, 6.45) is 0.628. The van der Waals surface area contributed by atoms with Crippen molar-refractivity contribution < 1.29 is 14.7 Å². The highest BCUT2D eigenvalue weighted by Crippen LogP contribution is 2.21. The van der Waals surface area contributed by atoms with Crippen molar-refractivity contribution in [2.75, 3.05) is 0 Å². The van der Waals surface area contributed by atoms with Crippen LogP contribution in [0.2, 0.25) is 0 Å². The average molecular weight is 290 g/mol. The molecule has 2 unspecified atom stereocenters. The summed E-state index contributed by atoms with van der Waals surface area (Å²) in [6.45, 7) is 6.09. The van der Waals surface area contributed by atoms with Gasteiger partial charge in [0, 0.05) is 6.54 Å². The molecule has 114 valence electrons. The zero-order valence-corrected chi connectivity index (χ0v) is 12.7. The molecule has 0 saturated carbocycles. The molecule has 1 saturated heterocycles. The van der Waals surface area contributed by atoms with Crippen molar-refractivity contribution in [3.63, 3.8) is 0 Å². The normalized spacial score (nSPS) is 22.6. The molecule has 0 radical (unpaired) electrons. The minimum atomic E-state index is -0.502. The molecule has 5 heteroatoms. The van der Waals surface area contributed by atoms with E-state index >= 15 is 0 Å². The van der Waals surface area contributed by atoms with Crippen LogP contribution in [0.25, 0.3) is 0 Å². The molecule has 1 fully saturated rings. The maximum absolute atomic E-state index is 12.4. The van der Waals surface area contributed by atoms with Gasteiger partial charge in [0.1, 0.15) is 17.8 Å². The Hall–Kier alpha value is -2.04. The van der Waals surface area contributed by atoms with Crippen LogP contribution in [-0.4, -0.2) is 33.9 Å². The first-order valence-electron chi connectivity index (χ1n) is 7.27. The molecule has 2 atom stereocenters. The number of phenols is 1. The number of carbonyl (C=O) groups excluding carboxylic acids is 2. The molecule has 1 heterocycles. The first-order valence-corrected chi connectivity index (χ1v) is 7.27. The molecule has 1 aromatic carbocycles. The zero-order valence-electron chi connectivity index (χ0n) is 12.7. The second-order valence-corrected chi connectivity index (χ2v) is 6.01. The first kappa shape index (κ1) is 15.4. The Kier molecular flexibility index (Phi) is 4.50. The van der Waals surface area contributed by atoms with Gasteiger partial charge in [-0.1, -0.05) is 26.0 Å². The molecule has 2 amide bonds. The third-order valence-corrected chi connectivity index (χ3v) is 3.65. The van der Waals surface area contributed by atoms with Gasteiger partial charge in [0.15, 0.2) is 0 Å². The fourth-order valence-electron chi connectivity index (χ4n) is 2.64. The first-order chi connectivity index (χ1) is 9.88. The van der Waals surface area contributed by atoms with Crippen LogP contribution in [0.15, 0.2) is 24.3 Å². The van der Waals surface area contributed by atoms with Crippen molar-refractivity contribution in [3.8, 4) is 5.75 Å². The van der Waals surface area contributed by atoms with E-state index in [-0.39, 0.29) is 17.6 Å². The lowest BCUT2D eigenvalue weighted by Gasteiger charge is -2.38. The molecule has 5 nitrogen and oxygen atoms in total. The molecule has 1 aliphatic heterocycles. The van der Waals surface area contributed by atoms with Gasteiger partial charge >= 0.3 is 0 Å². The molecule has 0 aliphatic carbocycles. The molecular formula is C16H22N2O3. The summed E-state index contributed by atoms with van der Waals surface area (Å²) >= 11 is 0. The molecular weight excluding hydrogens is 268 g/mol. The van der Waals surface area contributed by atoms with Crippen molar-refractivity contribution in [2.24, 2.45) is 5.92 Å². The second kappa shape index (κ2) is 6.16. The number of phenolic OH excluding ortho intramolecular Hbond substituents is 1. The number of nitrogens with zero attached hydrogens (tertiary/aromatic N) is 1. The molecule has 1 aliphatic rings. The minimum Gasteiger partial charge on any atom is -0.508 e. The highest BCUT2D eigenvalue weighted by Gasteiger charge is 2.38. The topological polar surface area (TPSA) is 69.6 Å². The summed E-state index contributed by atoms with van der Waals surface area (Å²) in [5.74, 6) is 0.294. The number of hydrogen-bond donors (Lipinski definition) is 2. The van der Waals surface area contributed by atoms with Crippen LogP contribution >= 0.6 is 0 Å². The number of hydrogen-bond acceptors (Lipinski definition) is 3. The number of amides is 2. The van der Waals surface area contributed by atoms with Crippen LogP contribution in [0.1, 0.15) is 32.8 Å². The van der Waals surface area contributed by atoms with E-state index in [1.807, 2.05) is 19.9 Å². The minimum absolute atomic E-state index is 0.0800. The quantitative estimate of drug-likeness (QED) is 0.886. The van der Waals surface area contributed by atoms with Crippen LogP contribution in [0.5, 0.6) is 5.75 Å². The zero-order chi connectivity index (χ0) is 15.6. The van der Waals surface area contributed by atoms with Gasteiger partial charge < -0.3 is 15.3 Å². The van der Waals surface area contributed by atoms with E-state index in [0.29, 0.717) is 18.9 Å². The maximum atomic E-state index is 12.4. The van der Waals surface area contributed by atoms with Crippen molar-refractivity contribution in [3.05, 3.63) is 29.8 Å². The van der Waals surface area contributed by atoms with Crippen LogP contribution < -0.4 is 5.32 Å². The smallest absolute Gasteiger partial charge is 0.245 e. The molecule has 0 bridgehead atoms. The van der Waals surface area contributed by atoms with Crippen LogP contribution in [0.3, 0.4) is 0 Å². The molecule has 0 spiro atoms. The van der Waals surface area contributed by atoms with E-state index in [2.05, 4.69) is 5.32 Å². The molecule has 2 N–H and O–H groups in total. The lowest BCUT2D eigenvalue weighted by molar-refractivity contribution is -0.150. The van der Waals surface area contributed by atoms with Gasteiger partial charge in [-0.25, -0.2) is 0 Å². The summed E-state index contributed by atoms with van der Waals surface area (Å²) in [4.78, 5) is 26.2. The summed E-state index contributed by atoms with van der Waals surface area (Å²) in [7, 11) is 0. The molecule has 2 rings (SSSR count). The number of nitrogens with one attached hydrogen (secondary N) is 1. The van der Waals surface area contributed by atoms with E-state index in [1.54, 1.807) is 30.0 Å². The SMILES string of the molecule is CC(C)CC1C(=O)NC(C)C(=O)N1Cc1cccc(O)c1. The van der Waals surface area contributed by atoms with Crippen molar-refractivity contribution in [1.29, 1.82) is 0 Å². The number of benzene rings is 1. The van der Waals surface area contributed by atoms with Crippen molar-refractivity contribution in [1.82, 2.24) is 10.2 Å². The van der Waals surface area contributed by atoms with E-state index in [4.69, 9.17) is 0 Å². The van der Waals surface area contributed by atoms with Gasteiger partial charge in [-0.2, -0.15) is 0 Å². The third-order valence-electron chi connectivity index (χ3n) is 3.65. The van der Waals surface area contributed by atoms with Gasteiger partial charge in [0.25, 0.3) is 0 Å². The average Bonchev–Trinajstić information content (AvgIpc) is 2.40. The standard InChI is InChI=1S/C16H22N2O3/c1-10(2)7-14-15(20)17-11(3)16(21)18(14)9-12-5-4-6-13(19)8-12/h4-6,8,10-11,14,19H,7,9H2,1-3H3,(H,17,20). The van der Waals surface area contributed by atoms with E-state index in [1.165, 1.54) is 0 Å². The Bertz CT molecular complexity index is 542. The fraction of sp³-hybridized carbons (Fsp3) is 0.500. The second-order valence-electron chi connectivity index (χ2n) is 6.01. The van der Waals surface area contributed by atoms with Crippen molar-refractivity contribution >= 4 is 11.8 Å². The lowest BCUT2D eigenvalue weighted by Crippen LogP contribution is -2.62. The van der Waals surface area contributed by atoms with Gasteiger partial charge in [-0.15, -0.1) is 0 Å². The van der Waals surface area contributed by atoms with E-state index in [9.17, 15) is 14.7 Å². The van der Waals surface area contributed by atoms with Gasteiger partial charge in [-0.05, 0) is 37.0 Å². The number of carbonyl (C=O) groups is 2. The van der Waals surface area contributed by atoms with Gasteiger partial charge in [0.05, 0.1) is 0 Å². The Morgan fingerprint density at radius 1 is 1.33 bits per heavy atom. The maximum Gasteiger partial charge on any atom is 0.245 e. The fourth-order valence-corrected chi connectivity index (χ4v) is 2.64. The van der Waals surface area contributed by atoms with E-state index < -0.39 is 12.1 Å². The van der Waals surface area contributed by atoms with Gasteiger partial charge in [-0.3, -0.25) is 9.59 Å². The van der Waals surface area contributed by atoms with Gasteiger partial charge in [0.2, 0.25) is 11.8 Å². The number of piperazine rings is 1. The molecule has 21 heavy (non-hydrogen) atoms. The Morgan fingerprint density at radius 2 is 2.05 bits per heavy atom. The summed E-state index contributed by atoms with van der Waals surface area (Å²) in [5, 5.41) is 12.3. The number of aromatic hydroxyl groups is 1. The van der Waals surface area contributed by atoms with Crippen LogP contribution in [0.4, 0.5) is 0 Å². The number of rotatable bonds is 4. The molecule has 0 aromatic heterocycles. The lowest BCUT2D eigenvalue weighted by atomic mass is 9.97. The largest absolute Gasteiger partial charge is 0.508 e. The third kappa shape index (κ3) is 3.54. The predicted octanol–water partition coefficient (Wildman–Crippen LogP) is 1.65. The Balaban J connectivity index is 2.25. The van der Waals surface area contributed by atoms with Crippen LogP contribution in [0, 0.1) is 5.92 Å². The molecule has 1 aromatic rings. The summed E-state index contributed by atoms with van der Waals surface area (Å²) in [6, 6.07) is 5.84. The van der Waals surface area contributed by atoms with Crippen molar-refractivity contribution in [2.45, 2.75) is 45.8 Å². The predicted molar refractivity (Wildman–Crippen MR) is 79.5 cm³/mol. The van der Waals surface area contributed by atoms with Crippen LogP contribution in [-0.2, 0) is 16.1 Å². The highest BCUT2D eigenvalue weighted by atomic mass is 16.3. The monoisotopic (exact) mass is 290 g/mol. The van der Waals surface area contributed by atoms with E-state index in [0.717, 1.165) is 5.56 Å². The Morgan fingerprint density at radius 3 is 2.67 bits per heavy atom. The highest BCUT2D eigenvalue weighted by molar-refractivity contribution is 5.96.